The summed E-state index contributed by atoms with van der Waals surface area (Å²) < 4.78 is 0. The van der Waals surface area contributed by atoms with E-state index in [-0.39, 0.29) is 5.41 Å². The Labute approximate surface area is 201 Å². The number of rotatable bonds is 5. The van der Waals surface area contributed by atoms with Gasteiger partial charge >= 0.3 is 0 Å². The molecule has 3 aliphatic rings. The van der Waals surface area contributed by atoms with Gasteiger partial charge in [-0.1, -0.05) is 62.5 Å². The molecule has 0 saturated heterocycles. The first-order valence-corrected chi connectivity index (χ1v) is 13.0. The summed E-state index contributed by atoms with van der Waals surface area (Å²) in [5, 5.41) is 30.7. The van der Waals surface area contributed by atoms with Gasteiger partial charge in [0.05, 0.1) is 17.8 Å². The van der Waals surface area contributed by atoms with E-state index in [0.29, 0.717) is 18.8 Å². The van der Waals surface area contributed by atoms with Gasteiger partial charge in [0.25, 0.3) is 0 Å². The summed E-state index contributed by atoms with van der Waals surface area (Å²) in [5.74, 6) is 7.31. The molecule has 3 fully saturated rings. The Balaban J connectivity index is 1.77. The summed E-state index contributed by atoms with van der Waals surface area (Å²) in [6.45, 7) is 12.7. The van der Waals surface area contributed by atoms with Crippen molar-refractivity contribution in [3.05, 3.63) is 46.6 Å². The molecule has 3 saturated carbocycles. The van der Waals surface area contributed by atoms with Crippen LogP contribution in [0.2, 0.25) is 0 Å². The van der Waals surface area contributed by atoms with E-state index in [0.717, 1.165) is 56.1 Å². The van der Waals surface area contributed by atoms with Crippen molar-refractivity contribution in [2.24, 2.45) is 11.3 Å². The highest BCUT2D eigenvalue weighted by molar-refractivity contribution is 5.42. The average molecular weight is 453 g/mol. The van der Waals surface area contributed by atoms with E-state index in [1.807, 2.05) is 13.8 Å². The summed E-state index contributed by atoms with van der Waals surface area (Å²) >= 11 is 0. The minimum Gasteiger partial charge on any atom is -0.393 e. The van der Waals surface area contributed by atoms with E-state index >= 15 is 0 Å². The number of aliphatic hydroxyl groups excluding tert-OH is 2. The van der Waals surface area contributed by atoms with Crippen molar-refractivity contribution in [1.29, 1.82) is 0 Å². The largest absolute Gasteiger partial charge is 0.393 e. The molecule has 0 spiro atoms. The van der Waals surface area contributed by atoms with E-state index < -0.39 is 17.8 Å². The third-order valence-electron chi connectivity index (χ3n) is 8.77. The van der Waals surface area contributed by atoms with Crippen LogP contribution in [0.25, 0.3) is 0 Å². The molecule has 182 valence electrons. The van der Waals surface area contributed by atoms with Gasteiger partial charge in [0.1, 0.15) is 0 Å². The van der Waals surface area contributed by atoms with Crippen LogP contribution in [0.3, 0.4) is 0 Å². The van der Waals surface area contributed by atoms with Crippen LogP contribution in [0.15, 0.2) is 46.6 Å². The Hall–Kier alpha value is -1.60. The summed E-state index contributed by atoms with van der Waals surface area (Å²) in [7, 11) is 0. The molecule has 3 aliphatic carbocycles. The standard InChI is InChI=1S/C30H44O3/c1-6-30(33,7-2)18-9-8-11-21(3)26-15-16-27-23(12-10-17-29(26,27)5)13-14-24-19-25(31)20-28(32)22(24)4/h13-14,25,27-28,31-33H,4,6-7,9-10,12,15-20H2,1-3,5H3/b23-13+,24-14-,26-21+/t25-,27+,28+,29-/m1/s1. The molecule has 3 rings (SSSR count). The van der Waals surface area contributed by atoms with Gasteiger partial charge in [-0.3, -0.25) is 0 Å². The van der Waals surface area contributed by atoms with Gasteiger partial charge in [-0.2, -0.15) is 0 Å². The molecule has 0 amide bonds. The average Bonchev–Trinajstić information content (AvgIpc) is 3.15. The van der Waals surface area contributed by atoms with Crippen LogP contribution in [0.5, 0.6) is 0 Å². The van der Waals surface area contributed by atoms with E-state index in [4.69, 9.17) is 0 Å². The second-order valence-corrected chi connectivity index (χ2v) is 10.8. The lowest BCUT2D eigenvalue weighted by Gasteiger charge is -2.40. The van der Waals surface area contributed by atoms with Crippen molar-refractivity contribution in [3.8, 4) is 11.8 Å². The number of hydrogen-bond acceptors (Lipinski definition) is 3. The normalized spacial score (nSPS) is 34.3. The monoisotopic (exact) mass is 452 g/mol. The number of hydrogen-bond donors (Lipinski definition) is 3. The van der Waals surface area contributed by atoms with Crippen LogP contribution in [0, 0.1) is 23.2 Å². The first-order chi connectivity index (χ1) is 15.6. The molecule has 3 nitrogen and oxygen atoms in total. The summed E-state index contributed by atoms with van der Waals surface area (Å²) in [6.07, 6.45) is 13.0. The molecule has 3 N–H and O–H groups in total. The predicted octanol–water partition coefficient (Wildman–Crippen LogP) is 6.16. The maximum absolute atomic E-state index is 10.5. The van der Waals surface area contributed by atoms with Gasteiger partial charge in [-0.05, 0) is 92.8 Å². The van der Waals surface area contributed by atoms with Crippen LogP contribution in [0.1, 0.15) is 98.3 Å². The van der Waals surface area contributed by atoms with Gasteiger partial charge in [0, 0.05) is 12.8 Å². The van der Waals surface area contributed by atoms with Crippen molar-refractivity contribution < 1.29 is 15.3 Å². The lowest BCUT2D eigenvalue weighted by Crippen LogP contribution is -2.29. The van der Waals surface area contributed by atoms with Gasteiger partial charge < -0.3 is 15.3 Å². The second kappa shape index (κ2) is 10.8. The maximum Gasteiger partial charge on any atom is 0.0811 e. The zero-order chi connectivity index (χ0) is 24.2. The Morgan fingerprint density at radius 3 is 2.64 bits per heavy atom. The molecular weight excluding hydrogens is 408 g/mol. The topological polar surface area (TPSA) is 60.7 Å². The van der Waals surface area contributed by atoms with E-state index in [1.165, 1.54) is 29.6 Å². The SMILES string of the molecule is C=C1/C(=C\C=C2/CCC[C@]3(C)/C(=C(\C)C#CCCC(O)(CC)CC)CC[C@@H]23)C[C@@H](O)C[C@@H]1O. The molecule has 4 atom stereocenters. The minimum absolute atomic E-state index is 0.164. The molecule has 0 aliphatic heterocycles. The van der Waals surface area contributed by atoms with Gasteiger partial charge in [0.2, 0.25) is 0 Å². The van der Waals surface area contributed by atoms with Gasteiger partial charge in [0.15, 0.2) is 0 Å². The number of allylic oxidation sites excluding steroid dienone is 5. The minimum atomic E-state index is -0.636. The quantitative estimate of drug-likeness (QED) is 0.438. The Bertz CT molecular complexity index is 889. The van der Waals surface area contributed by atoms with Gasteiger partial charge in [-0.15, -0.1) is 0 Å². The zero-order valence-corrected chi connectivity index (χ0v) is 21.2. The molecule has 0 aromatic rings. The van der Waals surface area contributed by atoms with Crippen molar-refractivity contribution in [2.45, 2.75) is 116 Å². The Kier molecular flexibility index (Phi) is 8.49. The fraction of sp³-hybridized carbons (Fsp3) is 0.667. The molecule has 33 heavy (non-hydrogen) atoms. The predicted molar refractivity (Wildman–Crippen MR) is 136 cm³/mol. The highest BCUT2D eigenvalue weighted by atomic mass is 16.3. The van der Waals surface area contributed by atoms with Crippen molar-refractivity contribution in [1.82, 2.24) is 0 Å². The fourth-order valence-electron chi connectivity index (χ4n) is 6.31. The second-order valence-electron chi connectivity index (χ2n) is 10.8. The molecule has 3 heteroatoms. The lowest BCUT2D eigenvalue weighted by molar-refractivity contribution is 0.0251. The Morgan fingerprint density at radius 2 is 1.94 bits per heavy atom. The van der Waals surface area contributed by atoms with Crippen molar-refractivity contribution in [2.75, 3.05) is 0 Å². The first-order valence-electron chi connectivity index (χ1n) is 13.0. The number of aliphatic hydroxyl groups is 3. The molecule has 0 aromatic heterocycles. The first kappa shape index (κ1) is 26.0. The zero-order valence-electron chi connectivity index (χ0n) is 21.2. The maximum atomic E-state index is 10.5. The van der Waals surface area contributed by atoms with Crippen LogP contribution < -0.4 is 0 Å². The lowest BCUT2D eigenvalue weighted by atomic mass is 9.65. The highest BCUT2D eigenvalue weighted by Gasteiger charge is 2.46. The van der Waals surface area contributed by atoms with Crippen LogP contribution in [-0.4, -0.2) is 33.1 Å². The van der Waals surface area contributed by atoms with Crippen LogP contribution >= 0.6 is 0 Å². The molecule has 0 unspecified atom stereocenters. The van der Waals surface area contributed by atoms with Gasteiger partial charge in [-0.25, -0.2) is 0 Å². The van der Waals surface area contributed by atoms with E-state index in [1.54, 1.807) is 0 Å². The molecule has 0 aromatic carbocycles. The highest BCUT2D eigenvalue weighted by Crippen LogP contribution is 2.58. The molecule has 0 bridgehead atoms. The smallest absolute Gasteiger partial charge is 0.0811 e. The third-order valence-corrected chi connectivity index (χ3v) is 8.77. The van der Waals surface area contributed by atoms with E-state index in [2.05, 4.69) is 44.4 Å². The Morgan fingerprint density at radius 1 is 1.21 bits per heavy atom. The fourth-order valence-corrected chi connectivity index (χ4v) is 6.31. The van der Waals surface area contributed by atoms with E-state index in [9.17, 15) is 15.3 Å². The van der Waals surface area contributed by atoms with Crippen molar-refractivity contribution >= 4 is 0 Å². The van der Waals surface area contributed by atoms with Crippen molar-refractivity contribution in [3.63, 3.8) is 0 Å². The van der Waals surface area contributed by atoms with Crippen LogP contribution in [0.4, 0.5) is 0 Å². The number of fused-ring (bicyclic) bond motifs is 1. The summed E-state index contributed by atoms with van der Waals surface area (Å²) in [5.41, 5.74) is 5.56. The molecule has 0 radical (unpaired) electrons. The third kappa shape index (κ3) is 5.73. The molecule has 0 heterocycles. The van der Waals surface area contributed by atoms with Crippen LogP contribution in [-0.2, 0) is 0 Å². The molecular formula is C30H44O3. The summed E-state index contributed by atoms with van der Waals surface area (Å²) in [6, 6.07) is 0. The summed E-state index contributed by atoms with van der Waals surface area (Å²) in [4.78, 5) is 0.